The van der Waals surface area contributed by atoms with E-state index in [0.717, 1.165) is 37.2 Å². The van der Waals surface area contributed by atoms with Crippen molar-refractivity contribution in [2.45, 2.75) is 0 Å². The highest BCUT2D eigenvalue weighted by Crippen LogP contribution is 2.45. The first-order valence-electron chi connectivity index (χ1n) is 10.1. The summed E-state index contributed by atoms with van der Waals surface area (Å²) in [6.07, 6.45) is 0. The minimum atomic E-state index is -0.540. The molecule has 7 rings (SSSR count). The van der Waals surface area contributed by atoms with E-state index in [0.29, 0.717) is 37.8 Å². The summed E-state index contributed by atoms with van der Waals surface area (Å²) in [6.45, 7) is 0. The van der Waals surface area contributed by atoms with E-state index < -0.39 is 11.8 Å². The van der Waals surface area contributed by atoms with E-state index in [2.05, 4.69) is 0 Å². The third kappa shape index (κ3) is 1.72. The van der Waals surface area contributed by atoms with Crippen LogP contribution in [-0.2, 0) is 0 Å². The summed E-state index contributed by atoms with van der Waals surface area (Å²) in [5, 5.41) is 6.28. The molecule has 4 amide bonds. The van der Waals surface area contributed by atoms with Crippen LogP contribution in [0.4, 0.5) is 0 Å². The number of carbonyl (C=O) groups is 4. The zero-order valence-electron chi connectivity index (χ0n) is 16.7. The van der Waals surface area contributed by atoms with Gasteiger partial charge in [0.15, 0.2) is 0 Å². The molecule has 2 aliphatic heterocycles. The van der Waals surface area contributed by atoms with E-state index >= 15 is 0 Å². The number of nitrogens with zero attached hydrogens (tertiary/aromatic N) is 2. The maximum Gasteiger partial charge on any atom is 0.261 e. The lowest BCUT2D eigenvalue weighted by molar-refractivity contribution is 0.0647. The monoisotopic (exact) mass is 414 g/mol. The topological polar surface area (TPSA) is 74.8 Å². The Labute approximate surface area is 181 Å². The fourth-order valence-electron chi connectivity index (χ4n) is 5.41. The average Bonchev–Trinajstić information content (AvgIpc) is 2.82. The van der Waals surface area contributed by atoms with Gasteiger partial charge in [-0.15, -0.1) is 0 Å². The van der Waals surface area contributed by atoms with Gasteiger partial charge in [0.25, 0.3) is 11.8 Å². The van der Waals surface area contributed by atoms with Gasteiger partial charge in [-0.25, -0.2) is 0 Å². The summed E-state index contributed by atoms with van der Waals surface area (Å²) in [6, 6.07) is 14.3. The summed E-state index contributed by atoms with van der Waals surface area (Å²) in [5.74, 6) is -1.74. The van der Waals surface area contributed by atoms with Crippen molar-refractivity contribution in [3.05, 3.63) is 70.8 Å². The normalized spacial score (nSPS) is 15.9. The smallest absolute Gasteiger partial charge is 0.261 e. The van der Waals surface area contributed by atoms with Crippen molar-refractivity contribution in [2.75, 3.05) is 7.05 Å². The molecule has 2 radical (unpaired) electrons. The molecular weight excluding hydrogens is 403 g/mol. The van der Waals surface area contributed by atoms with Crippen LogP contribution in [0.1, 0.15) is 41.4 Å². The van der Waals surface area contributed by atoms with Gasteiger partial charge in [-0.2, -0.15) is 0 Å². The molecule has 5 aromatic rings. The summed E-state index contributed by atoms with van der Waals surface area (Å²) < 4.78 is 0. The molecule has 0 atom stereocenters. The van der Waals surface area contributed by atoms with Gasteiger partial charge in [0.1, 0.15) is 0 Å². The minimum absolute atomic E-state index is 0.332. The second-order valence-corrected chi connectivity index (χ2v) is 8.29. The number of hydrogen-bond acceptors (Lipinski definition) is 4. The zero-order chi connectivity index (χ0) is 22.0. The summed E-state index contributed by atoms with van der Waals surface area (Å²) >= 11 is 0. The van der Waals surface area contributed by atoms with Gasteiger partial charge in [0.2, 0.25) is 19.8 Å². The van der Waals surface area contributed by atoms with E-state index in [1.54, 1.807) is 24.3 Å². The quantitative estimate of drug-likeness (QED) is 0.168. The Kier molecular flexibility index (Phi) is 2.90. The number of amides is 4. The van der Waals surface area contributed by atoms with Crippen LogP contribution in [-0.4, -0.2) is 48.4 Å². The van der Waals surface area contributed by atoms with Crippen molar-refractivity contribution in [2.24, 2.45) is 0 Å². The van der Waals surface area contributed by atoms with Gasteiger partial charge >= 0.3 is 0 Å². The molecule has 0 N–H and O–H groups in total. The standard InChI is InChI=1S/C25H11BN2O4/c1-27-22(29)14-6-2-10-12-4-8-16-21-17(25(32)28(26)24(16)31)9-5-13(19(12)21)11-3-7-15(23(27)30)20(14)18(10)11/h2-9H,1H3. The molecule has 6 nitrogen and oxygen atoms in total. The van der Waals surface area contributed by atoms with E-state index in [4.69, 9.17) is 7.98 Å². The largest absolute Gasteiger partial charge is 0.332 e. The minimum Gasteiger partial charge on any atom is -0.332 e. The average molecular weight is 414 g/mol. The number of hydrogen-bond donors (Lipinski definition) is 0. The molecule has 0 saturated heterocycles. The number of rotatable bonds is 0. The van der Waals surface area contributed by atoms with Crippen molar-refractivity contribution in [1.29, 1.82) is 0 Å². The number of benzene rings is 5. The molecular formula is C25H11BN2O4. The van der Waals surface area contributed by atoms with E-state index in [9.17, 15) is 19.2 Å². The van der Waals surface area contributed by atoms with Gasteiger partial charge in [0.05, 0.1) is 0 Å². The SMILES string of the molecule is [B]N1C(=O)c2ccc3c4ccc5c6c(ccc(c7ccc(c2c37)C1=O)c64)C(=O)N(C)C5=O. The van der Waals surface area contributed by atoms with Crippen LogP contribution in [0.25, 0.3) is 43.1 Å². The maximum absolute atomic E-state index is 12.8. The van der Waals surface area contributed by atoms with Crippen LogP contribution in [0.5, 0.6) is 0 Å². The summed E-state index contributed by atoms with van der Waals surface area (Å²) in [7, 11) is 7.22. The fraction of sp³-hybridized carbons (Fsp3) is 0.0400. The molecule has 148 valence electrons. The first kappa shape index (κ1) is 17.4. The number of fused-ring (bicyclic) bond motifs is 2. The second kappa shape index (κ2) is 5.32. The lowest BCUT2D eigenvalue weighted by Gasteiger charge is -2.28. The molecule has 2 heterocycles. The van der Waals surface area contributed by atoms with Crippen LogP contribution < -0.4 is 0 Å². The molecule has 0 unspecified atom stereocenters. The van der Waals surface area contributed by atoms with E-state index in [1.807, 2.05) is 24.3 Å². The van der Waals surface area contributed by atoms with Crippen LogP contribution in [0.15, 0.2) is 48.5 Å². The third-order valence-electron chi connectivity index (χ3n) is 6.87. The molecule has 0 spiro atoms. The van der Waals surface area contributed by atoms with E-state index in [1.165, 1.54) is 7.05 Å². The number of carbonyl (C=O) groups excluding carboxylic acids is 4. The van der Waals surface area contributed by atoms with E-state index in [-0.39, 0.29) is 11.8 Å². The van der Waals surface area contributed by atoms with Crippen molar-refractivity contribution < 1.29 is 19.2 Å². The van der Waals surface area contributed by atoms with Crippen LogP contribution in [0, 0.1) is 0 Å². The van der Waals surface area contributed by atoms with Crippen molar-refractivity contribution in [3.8, 4) is 0 Å². The predicted octanol–water partition coefficient (Wildman–Crippen LogP) is 3.64. The van der Waals surface area contributed by atoms with Gasteiger partial charge in [-0.1, -0.05) is 24.3 Å². The highest BCUT2D eigenvalue weighted by molar-refractivity contribution is 6.43. The fourth-order valence-corrected chi connectivity index (χ4v) is 5.41. The molecule has 0 bridgehead atoms. The Morgan fingerprint density at radius 3 is 1.16 bits per heavy atom. The van der Waals surface area contributed by atoms with Crippen LogP contribution in [0.3, 0.4) is 0 Å². The van der Waals surface area contributed by atoms with Crippen LogP contribution >= 0.6 is 0 Å². The molecule has 0 saturated carbocycles. The summed E-state index contributed by atoms with van der Waals surface area (Å²) in [5.41, 5.74) is 1.73. The number of imide groups is 2. The Hall–Kier alpha value is -4.26. The lowest BCUT2D eigenvalue weighted by Crippen LogP contribution is -2.38. The van der Waals surface area contributed by atoms with Crippen molar-refractivity contribution in [3.63, 3.8) is 0 Å². The van der Waals surface area contributed by atoms with Crippen LogP contribution in [0.2, 0.25) is 0 Å². The molecule has 0 fully saturated rings. The van der Waals surface area contributed by atoms with Gasteiger partial charge in [0, 0.05) is 40.1 Å². The Bertz CT molecular complexity index is 1540. The Morgan fingerprint density at radius 1 is 0.500 bits per heavy atom. The van der Waals surface area contributed by atoms with Crippen molar-refractivity contribution >= 4 is 74.7 Å². The predicted molar refractivity (Wildman–Crippen MR) is 120 cm³/mol. The van der Waals surface area contributed by atoms with Gasteiger partial charge in [-0.3, -0.25) is 24.1 Å². The second-order valence-electron chi connectivity index (χ2n) is 8.29. The molecule has 2 aliphatic rings. The Morgan fingerprint density at radius 2 is 0.812 bits per heavy atom. The summed E-state index contributed by atoms with van der Waals surface area (Å²) in [4.78, 5) is 52.9. The molecule has 32 heavy (non-hydrogen) atoms. The first-order chi connectivity index (χ1) is 15.4. The molecule has 0 aromatic heterocycles. The molecule has 0 aliphatic carbocycles. The maximum atomic E-state index is 12.8. The zero-order valence-corrected chi connectivity index (χ0v) is 16.7. The Balaban J connectivity index is 1.77. The van der Waals surface area contributed by atoms with Crippen molar-refractivity contribution in [1.82, 2.24) is 9.71 Å². The third-order valence-corrected chi connectivity index (χ3v) is 6.87. The highest BCUT2D eigenvalue weighted by Gasteiger charge is 2.34. The first-order valence-corrected chi connectivity index (χ1v) is 10.1. The van der Waals surface area contributed by atoms with Gasteiger partial charge in [-0.05, 0) is 56.6 Å². The lowest BCUT2D eigenvalue weighted by atomic mass is 9.82. The van der Waals surface area contributed by atoms with Gasteiger partial charge < -0.3 is 4.81 Å². The highest BCUT2D eigenvalue weighted by atomic mass is 16.2. The molecule has 7 heteroatoms. The molecule has 5 aromatic carbocycles.